The largest absolute Gasteiger partial charge is 0.351 e. The molecule has 0 spiro atoms. The van der Waals surface area contributed by atoms with Gasteiger partial charge < -0.3 is 5.32 Å². The van der Waals surface area contributed by atoms with Crippen molar-refractivity contribution in [1.82, 2.24) is 14.4 Å². The minimum Gasteiger partial charge on any atom is -0.351 e. The van der Waals surface area contributed by atoms with Crippen LogP contribution in [0, 0.1) is 4.91 Å². The Balaban J connectivity index is 1.52. The van der Waals surface area contributed by atoms with E-state index in [4.69, 9.17) is 28.2 Å². The van der Waals surface area contributed by atoms with E-state index in [0.717, 1.165) is 16.3 Å². The predicted octanol–water partition coefficient (Wildman–Crippen LogP) is 4.50. The molecule has 3 aromatic heterocycles. The molecule has 0 aliphatic carbocycles. The molecule has 8 nitrogen and oxygen atoms in total. The topological polar surface area (TPSA) is 97.8 Å². The monoisotopic (exact) mass is 434 g/mol. The molecule has 0 aliphatic rings. The molecule has 28 heavy (non-hydrogen) atoms. The number of hydrogen-bond donors (Lipinski definition) is 2. The lowest BCUT2D eigenvalue weighted by molar-refractivity contribution is -0.354. The van der Waals surface area contributed by atoms with Crippen molar-refractivity contribution in [2.75, 3.05) is 23.7 Å². The summed E-state index contributed by atoms with van der Waals surface area (Å²) in [5.41, 5.74) is 2.23. The van der Waals surface area contributed by atoms with Crippen molar-refractivity contribution < 1.29 is 4.98 Å². The van der Waals surface area contributed by atoms with E-state index >= 15 is 0 Å². The van der Waals surface area contributed by atoms with E-state index in [9.17, 15) is 4.91 Å². The number of anilines is 2. The van der Waals surface area contributed by atoms with Crippen LogP contribution < -0.4 is 15.6 Å². The number of nitrogens with zero attached hydrogens (tertiary/aromatic N) is 4. The molecule has 0 aliphatic heterocycles. The average molecular weight is 435 g/mol. The molecule has 0 unspecified atom stereocenters. The molecule has 4 aromatic rings. The van der Waals surface area contributed by atoms with Crippen molar-refractivity contribution in [1.29, 1.82) is 0 Å². The first-order chi connectivity index (χ1) is 13.6. The molecule has 0 amide bonds. The van der Waals surface area contributed by atoms with Crippen LogP contribution in [0.4, 0.5) is 16.1 Å². The van der Waals surface area contributed by atoms with Gasteiger partial charge in [0.15, 0.2) is 0 Å². The van der Waals surface area contributed by atoms with Crippen LogP contribution in [0.25, 0.3) is 16.9 Å². The van der Waals surface area contributed by atoms with E-state index in [1.165, 1.54) is 11.3 Å². The molecular formula is C17H14Cl2N7OS+. The molecular weight excluding hydrogens is 421 g/mol. The molecule has 0 fully saturated rings. The lowest BCUT2D eigenvalue weighted by atomic mass is 10.1. The summed E-state index contributed by atoms with van der Waals surface area (Å²) in [5, 5.41) is 11.6. The van der Waals surface area contributed by atoms with Crippen molar-refractivity contribution in [2.24, 2.45) is 5.18 Å². The molecule has 3 heterocycles. The Morgan fingerprint density at radius 3 is 2.86 bits per heavy atom. The van der Waals surface area contributed by atoms with E-state index in [0.29, 0.717) is 39.8 Å². The van der Waals surface area contributed by atoms with E-state index < -0.39 is 0 Å². The van der Waals surface area contributed by atoms with Crippen molar-refractivity contribution in [3.8, 4) is 11.3 Å². The highest BCUT2D eigenvalue weighted by Crippen LogP contribution is 2.30. The average Bonchev–Trinajstić information content (AvgIpc) is 3.34. The summed E-state index contributed by atoms with van der Waals surface area (Å²) in [6.07, 6.45) is 5.10. The van der Waals surface area contributed by atoms with Gasteiger partial charge in [0, 0.05) is 29.0 Å². The minimum absolute atomic E-state index is 0.393. The molecule has 0 saturated carbocycles. The number of nitrogens with one attached hydrogen (secondary N) is 3. The Bertz CT molecular complexity index is 1140. The fourth-order valence-electron chi connectivity index (χ4n) is 2.66. The summed E-state index contributed by atoms with van der Waals surface area (Å²) in [6.45, 7) is 1.20. The van der Waals surface area contributed by atoms with E-state index in [-0.39, 0.29) is 0 Å². The number of hydrogen-bond acceptors (Lipinski definition) is 7. The lowest BCUT2D eigenvalue weighted by Crippen LogP contribution is -2.18. The summed E-state index contributed by atoms with van der Waals surface area (Å²) in [7, 11) is 0. The highest BCUT2D eigenvalue weighted by molar-refractivity contribution is 7.18. The molecule has 0 saturated heterocycles. The van der Waals surface area contributed by atoms with Gasteiger partial charge in [-0.3, -0.25) is 9.72 Å². The van der Waals surface area contributed by atoms with Crippen molar-refractivity contribution >= 4 is 56.3 Å². The summed E-state index contributed by atoms with van der Waals surface area (Å²) < 4.78 is 1.86. The van der Waals surface area contributed by atoms with Crippen LogP contribution in [-0.4, -0.2) is 27.5 Å². The molecule has 1 aromatic carbocycles. The number of H-pyrrole nitrogens is 1. The van der Waals surface area contributed by atoms with Gasteiger partial charge in [-0.25, -0.2) is 15.0 Å². The van der Waals surface area contributed by atoms with Crippen molar-refractivity contribution in [2.45, 2.75) is 0 Å². The van der Waals surface area contributed by atoms with Crippen LogP contribution in [0.5, 0.6) is 0 Å². The highest BCUT2D eigenvalue weighted by Gasteiger charge is 2.12. The maximum Gasteiger partial charge on any atom is 0.333 e. The van der Waals surface area contributed by atoms with Gasteiger partial charge in [0.25, 0.3) is 0 Å². The number of benzene rings is 1. The van der Waals surface area contributed by atoms with Gasteiger partial charge in [-0.15, -0.1) is 4.91 Å². The predicted molar refractivity (Wildman–Crippen MR) is 112 cm³/mol. The Kier molecular flexibility index (Phi) is 5.38. The molecule has 0 bridgehead atoms. The first-order valence-electron chi connectivity index (χ1n) is 8.26. The van der Waals surface area contributed by atoms with Gasteiger partial charge in [-0.1, -0.05) is 23.2 Å². The standard InChI is InChI=1S/C17H13Cl2N7OS/c18-10-1-2-11(12(19)7-10)13-8-14-20-5-6-26(14)16(24-13)21-3-4-22-17-23-9-15(25-27)28-17/h1-2,5-9H,3-4H2,(H,21,24)(H,22,23)/p+1. The van der Waals surface area contributed by atoms with Crippen LogP contribution in [-0.2, 0) is 0 Å². The zero-order chi connectivity index (χ0) is 19.5. The first-order valence-corrected chi connectivity index (χ1v) is 9.83. The number of thiazole rings is 1. The smallest absolute Gasteiger partial charge is 0.333 e. The number of nitroso groups, excluding NO2 is 1. The summed E-state index contributed by atoms with van der Waals surface area (Å²) in [5.74, 6) is 0.642. The van der Waals surface area contributed by atoms with Gasteiger partial charge >= 0.3 is 5.13 Å². The summed E-state index contributed by atoms with van der Waals surface area (Å²) in [6, 6.07) is 7.17. The Morgan fingerprint density at radius 1 is 1.21 bits per heavy atom. The van der Waals surface area contributed by atoms with Gasteiger partial charge in [-0.05, 0) is 34.7 Å². The van der Waals surface area contributed by atoms with Gasteiger partial charge in [0.1, 0.15) is 18.4 Å². The fraction of sp³-hybridized carbons (Fsp3) is 0.118. The van der Waals surface area contributed by atoms with Crippen LogP contribution in [0.2, 0.25) is 10.0 Å². The summed E-state index contributed by atoms with van der Waals surface area (Å²) >= 11 is 13.6. The SMILES string of the molecule is O=Nc1c[nH+]c(NCCNc2nc(-c3ccc(Cl)cc3Cl)cc3nccn23)s1. The maximum atomic E-state index is 10.5. The molecule has 4 rings (SSSR count). The minimum atomic E-state index is 0.393. The molecule has 11 heteroatoms. The zero-order valence-electron chi connectivity index (χ0n) is 14.3. The van der Waals surface area contributed by atoms with E-state index in [1.807, 2.05) is 22.7 Å². The third kappa shape index (κ3) is 3.91. The number of rotatable bonds is 7. The number of imidazole rings is 1. The van der Waals surface area contributed by atoms with Crippen LogP contribution in [0.1, 0.15) is 0 Å². The van der Waals surface area contributed by atoms with Crippen LogP contribution >= 0.6 is 34.5 Å². The third-order valence-corrected chi connectivity index (χ3v) is 5.33. The second kappa shape index (κ2) is 8.09. The van der Waals surface area contributed by atoms with Crippen LogP contribution in [0.15, 0.2) is 48.0 Å². The third-order valence-electron chi connectivity index (χ3n) is 3.91. The van der Waals surface area contributed by atoms with E-state index in [2.05, 4.69) is 25.8 Å². The van der Waals surface area contributed by atoms with Crippen molar-refractivity contribution in [3.63, 3.8) is 0 Å². The molecule has 142 valence electrons. The van der Waals surface area contributed by atoms with Crippen molar-refractivity contribution in [3.05, 3.63) is 57.8 Å². The zero-order valence-corrected chi connectivity index (χ0v) is 16.6. The maximum absolute atomic E-state index is 10.5. The lowest BCUT2D eigenvalue weighted by Gasteiger charge is -2.11. The molecule has 0 radical (unpaired) electrons. The van der Waals surface area contributed by atoms with Gasteiger partial charge in [0.05, 0.1) is 17.3 Å². The molecule has 3 N–H and O–H groups in total. The molecule has 0 atom stereocenters. The number of halogens is 2. The Morgan fingerprint density at radius 2 is 2.07 bits per heavy atom. The number of aromatic nitrogens is 4. The summed E-state index contributed by atoms with van der Waals surface area (Å²) in [4.78, 5) is 22.5. The van der Waals surface area contributed by atoms with Crippen LogP contribution in [0.3, 0.4) is 0 Å². The van der Waals surface area contributed by atoms with Gasteiger partial charge in [0.2, 0.25) is 10.9 Å². The van der Waals surface area contributed by atoms with E-state index in [1.54, 1.807) is 24.5 Å². The fourth-order valence-corrected chi connectivity index (χ4v) is 3.82. The normalized spacial score (nSPS) is 10.9. The second-order valence-electron chi connectivity index (χ2n) is 5.75. The first kappa shape index (κ1) is 18.6. The highest BCUT2D eigenvalue weighted by atomic mass is 35.5. The number of fused-ring (bicyclic) bond motifs is 1. The number of aromatic amines is 1. The Hall–Kier alpha value is -2.75. The van der Waals surface area contributed by atoms with Gasteiger partial charge in [-0.2, -0.15) is 0 Å². The Labute approximate surface area is 173 Å². The second-order valence-corrected chi connectivity index (χ2v) is 7.62. The quantitative estimate of drug-likeness (QED) is 0.329.